The Hall–Kier alpha value is -1.84. The highest BCUT2D eigenvalue weighted by atomic mass is 16.5. The molecule has 2 aromatic rings. The summed E-state index contributed by atoms with van der Waals surface area (Å²) in [6.45, 7) is 4.97. The molecule has 3 heteroatoms. The first-order chi connectivity index (χ1) is 10.7. The number of aliphatic hydroxyl groups is 1. The van der Waals surface area contributed by atoms with E-state index in [1.54, 1.807) is 0 Å². The molecule has 0 aliphatic carbocycles. The van der Waals surface area contributed by atoms with E-state index in [0.29, 0.717) is 13.0 Å². The molecular weight excluding hydrogens is 274 g/mol. The Morgan fingerprint density at radius 1 is 1.00 bits per heavy atom. The van der Waals surface area contributed by atoms with Gasteiger partial charge in [0.1, 0.15) is 5.75 Å². The molecule has 2 aromatic carbocycles. The maximum absolute atomic E-state index is 9.32. The largest absolute Gasteiger partial charge is 0.494 e. The zero-order valence-corrected chi connectivity index (χ0v) is 13.3. The van der Waals surface area contributed by atoms with Crippen LogP contribution in [0.4, 0.5) is 0 Å². The van der Waals surface area contributed by atoms with Gasteiger partial charge in [-0.1, -0.05) is 42.5 Å². The molecule has 118 valence electrons. The van der Waals surface area contributed by atoms with E-state index in [1.807, 2.05) is 37.3 Å². The van der Waals surface area contributed by atoms with Gasteiger partial charge in [-0.15, -0.1) is 0 Å². The first-order valence-electron chi connectivity index (χ1n) is 7.89. The molecule has 2 atom stereocenters. The smallest absolute Gasteiger partial charge is 0.119 e. The van der Waals surface area contributed by atoms with E-state index in [4.69, 9.17) is 4.74 Å². The van der Waals surface area contributed by atoms with E-state index in [2.05, 4.69) is 36.5 Å². The summed E-state index contributed by atoms with van der Waals surface area (Å²) in [5.41, 5.74) is 2.41. The first-order valence-corrected chi connectivity index (χ1v) is 7.89. The van der Waals surface area contributed by atoms with Crippen LogP contribution in [0.15, 0.2) is 54.6 Å². The average molecular weight is 299 g/mol. The third kappa shape index (κ3) is 4.58. The van der Waals surface area contributed by atoms with Crippen molar-refractivity contribution in [3.8, 4) is 5.75 Å². The lowest BCUT2D eigenvalue weighted by Gasteiger charge is -2.24. The Bertz CT molecular complexity index is 539. The molecule has 0 spiro atoms. The van der Waals surface area contributed by atoms with Crippen LogP contribution in [0.1, 0.15) is 43.5 Å². The summed E-state index contributed by atoms with van der Waals surface area (Å²) in [7, 11) is 0. The van der Waals surface area contributed by atoms with Crippen molar-refractivity contribution >= 4 is 0 Å². The SMILES string of the molecule is CCOc1ccc(C(C)N[C@H](CCO)c2ccccc2)cc1. The third-order valence-electron chi connectivity index (χ3n) is 3.76. The molecule has 2 N–H and O–H groups in total. The second kappa shape index (κ2) is 8.57. The zero-order chi connectivity index (χ0) is 15.8. The fourth-order valence-electron chi connectivity index (χ4n) is 2.58. The van der Waals surface area contributed by atoms with Gasteiger partial charge in [-0.3, -0.25) is 0 Å². The van der Waals surface area contributed by atoms with Crippen LogP contribution >= 0.6 is 0 Å². The van der Waals surface area contributed by atoms with Crippen molar-refractivity contribution in [1.82, 2.24) is 5.32 Å². The molecule has 2 rings (SSSR count). The summed E-state index contributed by atoms with van der Waals surface area (Å²) in [5, 5.41) is 12.9. The third-order valence-corrected chi connectivity index (χ3v) is 3.76. The highest BCUT2D eigenvalue weighted by molar-refractivity contribution is 5.29. The van der Waals surface area contributed by atoms with Gasteiger partial charge < -0.3 is 15.2 Å². The number of hydrogen-bond acceptors (Lipinski definition) is 3. The minimum atomic E-state index is 0.146. The van der Waals surface area contributed by atoms with E-state index in [1.165, 1.54) is 11.1 Å². The van der Waals surface area contributed by atoms with Crippen LogP contribution in [0.3, 0.4) is 0 Å². The van der Waals surface area contributed by atoms with E-state index < -0.39 is 0 Å². The van der Waals surface area contributed by atoms with Crippen molar-refractivity contribution in [3.63, 3.8) is 0 Å². The highest BCUT2D eigenvalue weighted by Gasteiger charge is 2.14. The zero-order valence-electron chi connectivity index (χ0n) is 13.3. The first kappa shape index (κ1) is 16.5. The number of benzene rings is 2. The van der Waals surface area contributed by atoms with Gasteiger partial charge in [0.2, 0.25) is 0 Å². The molecular formula is C19H25NO2. The van der Waals surface area contributed by atoms with Crippen LogP contribution in [0.25, 0.3) is 0 Å². The molecule has 0 saturated heterocycles. The molecule has 0 heterocycles. The van der Waals surface area contributed by atoms with Crippen molar-refractivity contribution in [3.05, 3.63) is 65.7 Å². The van der Waals surface area contributed by atoms with Gasteiger partial charge in [-0.2, -0.15) is 0 Å². The molecule has 0 radical (unpaired) electrons. The quantitative estimate of drug-likeness (QED) is 0.777. The molecule has 3 nitrogen and oxygen atoms in total. The predicted molar refractivity (Wildman–Crippen MR) is 90.0 cm³/mol. The standard InChI is InChI=1S/C19H25NO2/c1-3-22-18-11-9-16(10-12-18)15(2)20-19(13-14-21)17-7-5-4-6-8-17/h4-12,15,19-21H,3,13-14H2,1-2H3/t15?,19-/m1/s1. The highest BCUT2D eigenvalue weighted by Crippen LogP contribution is 2.23. The molecule has 1 unspecified atom stereocenters. The lowest BCUT2D eigenvalue weighted by atomic mass is 10.0. The maximum atomic E-state index is 9.32. The number of hydrogen-bond donors (Lipinski definition) is 2. The average Bonchev–Trinajstić information content (AvgIpc) is 2.56. The summed E-state index contributed by atoms with van der Waals surface area (Å²) < 4.78 is 5.48. The van der Waals surface area contributed by atoms with Crippen LogP contribution in [0.5, 0.6) is 5.75 Å². The van der Waals surface area contributed by atoms with Crippen LogP contribution < -0.4 is 10.1 Å². The summed E-state index contributed by atoms with van der Waals surface area (Å²) >= 11 is 0. The number of aliphatic hydroxyl groups excluding tert-OH is 1. The molecule has 0 saturated carbocycles. The van der Waals surface area contributed by atoms with Crippen molar-refractivity contribution in [2.24, 2.45) is 0 Å². The Labute approximate surface area is 133 Å². The second-order valence-electron chi connectivity index (χ2n) is 5.37. The molecule has 0 bridgehead atoms. The number of rotatable bonds is 8. The van der Waals surface area contributed by atoms with Crippen molar-refractivity contribution in [2.75, 3.05) is 13.2 Å². The van der Waals surface area contributed by atoms with Gasteiger partial charge in [0, 0.05) is 18.7 Å². The van der Waals surface area contributed by atoms with Crippen LogP contribution in [0.2, 0.25) is 0 Å². The van der Waals surface area contributed by atoms with Crippen molar-refractivity contribution in [2.45, 2.75) is 32.4 Å². The fourth-order valence-corrected chi connectivity index (χ4v) is 2.58. The Kier molecular flexibility index (Phi) is 6.44. The Morgan fingerprint density at radius 2 is 1.68 bits per heavy atom. The van der Waals surface area contributed by atoms with E-state index in [0.717, 1.165) is 5.75 Å². The monoisotopic (exact) mass is 299 g/mol. The maximum Gasteiger partial charge on any atom is 0.119 e. The van der Waals surface area contributed by atoms with Gasteiger partial charge in [0.15, 0.2) is 0 Å². The molecule has 0 aliphatic rings. The van der Waals surface area contributed by atoms with Crippen molar-refractivity contribution in [1.29, 1.82) is 0 Å². The number of ether oxygens (including phenoxy) is 1. The molecule has 22 heavy (non-hydrogen) atoms. The summed E-state index contributed by atoms with van der Waals surface area (Å²) in [4.78, 5) is 0. The van der Waals surface area contributed by atoms with Gasteiger partial charge in [-0.05, 0) is 43.5 Å². The van der Waals surface area contributed by atoms with Gasteiger partial charge >= 0.3 is 0 Å². The van der Waals surface area contributed by atoms with E-state index in [9.17, 15) is 5.11 Å². The predicted octanol–water partition coefficient (Wildman–Crippen LogP) is 3.86. The molecule has 0 amide bonds. The minimum absolute atomic E-state index is 0.146. The Morgan fingerprint density at radius 3 is 2.27 bits per heavy atom. The number of nitrogens with one attached hydrogen (secondary N) is 1. The van der Waals surface area contributed by atoms with E-state index >= 15 is 0 Å². The summed E-state index contributed by atoms with van der Waals surface area (Å²) in [6.07, 6.45) is 0.700. The normalized spacial score (nSPS) is 13.6. The summed E-state index contributed by atoms with van der Waals surface area (Å²) in [5.74, 6) is 0.897. The second-order valence-corrected chi connectivity index (χ2v) is 5.37. The Balaban J connectivity index is 2.05. The van der Waals surface area contributed by atoms with E-state index in [-0.39, 0.29) is 18.7 Å². The topological polar surface area (TPSA) is 41.5 Å². The lowest BCUT2D eigenvalue weighted by molar-refractivity contribution is 0.260. The van der Waals surface area contributed by atoms with Crippen LogP contribution in [-0.4, -0.2) is 18.3 Å². The lowest BCUT2D eigenvalue weighted by Crippen LogP contribution is -2.25. The van der Waals surface area contributed by atoms with Gasteiger partial charge in [0.05, 0.1) is 6.61 Å². The fraction of sp³-hybridized carbons (Fsp3) is 0.368. The molecule has 0 fully saturated rings. The van der Waals surface area contributed by atoms with Gasteiger partial charge in [0.25, 0.3) is 0 Å². The van der Waals surface area contributed by atoms with Gasteiger partial charge in [-0.25, -0.2) is 0 Å². The van der Waals surface area contributed by atoms with Crippen LogP contribution in [-0.2, 0) is 0 Å². The summed E-state index contributed by atoms with van der Waals surface area (Å²) in [6, 6.07) is 18.8. The molecule has 0 aliphatic heterocycles. The molecule has 0 aromatic heterocycles. The minimum Gasteiger partial charge on any atom is -0.494 e. The van der Waals surface area contributed by atoms with Crippen LogP contribution in [0, 0.1) is 0 Å². The van der Waals surface area contributed by atoms with Crippen molar-refractivity contribution < 1.29 is 9.84 Å².